The largest absolute Gasteiger partial charge is 0.424 e. The Labute approximate surface area is 133 Å². The lowest BCUT2D eigenvalue weighted by Crippen LogP contribution is -2.35. The lowest BCUT2D eigenvalue weighted by atomic mass is 9.91. The van der Waals surface area contributed by atoms with Crippen LogP contribution in [0.2, 0.25) is 0 Å². The van der Waals surface area contributed by atoms with Gasteiger partial charge in [-0.25, -0.2) is 0 Å². The highest BCUT2D eigenvalue weighted by Gasteiger charge is 2.76. The molecule has 2 nitrogen and oxygen atoms in total. The number of epoxide rings is 1. The third-order valence-electron chi connectivity index (χ3n) is 3.61. The van der Waals surface area contributed by atoms with Crippen molar-refractivity contribution in [2.24, 2.45) is 0 Å². The van der Waals surface area contributed by atoms with Crippen LogP contribution in [0.15, 0.2) is 59.1 Å². The molecule has 0 bridgehead atoms. The van der Waals surface area contributed by atoms with Gasteiger partial charge in [-0.05, 0) is 17.7 Å². The Kier molecular flexibility index (Phi) is 3.61. The summed E-state index contributed by atoms with van der Waals surface area (Å²) in [7, 11) is 0. The SMILES string of the molecule is O=C(c1ccccc1)[C@H]1OC1(c1ccc(Br)cc1)C(F)(F)F. The predicted octanol–water partition coefficient (Wildman–Crippen LogP) is 4.49. The van der Waals surface area contributed by atoms with E-state index in [1.54, 1.807) is 18.2 Å². The highest BCUT2D eigenvalue weighted by atomic mass is 79.9. The van der Waals surface area contributed by atoms with Gasteiger partial charge in [0.25, 0.3) is 0 Å². The number of benzene rings is 2. The van der Waals surface area contributed by atoms with Gasteiger partial charge < -0.3 is 4.74 Å². The second-order valence-corrected chi connectivity index (χ2v) is 5.88. The number of halogens is 4. The first-order valence-corrected chi connectivity index (χ1v) is 7.25. The van der Waals surface area contributed by atoms with Gasteiger partial charge in [0.15, 0.2) is 11.9 Å². The lowest BCUT2D eigenvalue weighted by molar-refractivity contribution is -0.187. The molecule has 1 aliphatic rings. The predicted molar refractivity (Wildman–Crippen MR) is 77.5 cm³/mol. The minimum absolute atomic E-state index is 0.0718. The van der Waals surface area contributed by atoms with Crippen LogP contribution in [0.4, 0.5) is 13.2 Å². The van der Waals surface area contributed by atoms with Gasteiger partial charge in [0.1, 0.15) is 0 Å². The molecule has 6 heteroatoms. The van der Waals surface area contributed by atoms with E-state index in [2.05, 4.69) is 15.9 Å². The van der Waals surface area contributed by atoms with Gasteiger partial charge in [-0.1, -0.05) is 58.4 Å². The van der Waals surface area contributed by atoms with Gasteiger partial charge in [-0.2, -0.15) is 13.2 Å². The first-order chi connectivity index (χ1) is 10.4. The van der Waals surface area contributed by atoms with Crippen LogP contribution in [-0.2, 0) is 10.3 Å². The Bertz CT molecular complexity index is 698. The molecule has 22 heavy (non-hydrogen) atoms. The summed E-state index contributed by atoms with van der Waals surface area (Å²) >= 11 is 3.17. The molecule has 0 radical (unpaired) electrons. The molecular formula is C16H10BrF3O2. The minimum atomic E-state index is -4.67. The average Bonchev–Trinajstić information content (AvgIpc) is 3.25. The van der Waals surface area contributed by atoms with Crippen LogP contribution in [0.5, 0.6) is 0 Å². The van der Waals surface area contributed by atoms with E-state index in [1.165, 1.54) is 36.4 Å². The highest BCUT2D eigenvalue weighted by molar-refractivity contribution is 9.10. The van der Waals surface area contributed by atoms with Crippen LogP contribution in [0, 0.1) is 0 Å². The molecule has 1 aliphatic heterocycles. The number of ether oxygens (including phenoxy) is 1. The van der Waals surface area contributed by atoms with Gasteiger partial charge in [0, 0.05) is 10.0 Å². The molecule has 2 aromatic carbocycles. The number of alkyl halides is 3. The van der Waals surface area contributed by atoms with Crippen molar-refractivity contribution in [1.82, 2.24) is 0 Å². The first kappa shape index (κ1) is 15.2. The van der Waals surface area contributed by atoms with Crippen LogP contribution in [0.3, 0.4) is 0 Å². The Morgan fingerprint density at radius 1 is 1.05 bits per heavy atom. The summed E-state index contributed by atoms with van der Waals surface area (Å²) in [5, 5.41) is 0. The van der Waals surface area contributed by atoms with Crippen LogP contribution in [0.25, 0.3) is 0 Å². The standard InChI is InChI=1S/C16H10BrF3O2/c17-12-8-6-11(7-9-12)15(16(18,19)20)14(22-15)13(21)10-4-2-1-3-5-10/h1-9,14H/t14-,15?/m1/s1. The summed E-state index contributed by atoms with van der Waals surface area (Å²) in [5.41, 5.74) is -2.42. The fourth-order valence-electron chi connectivity index (χ4n) is 2.44. The number of hydrogen-bond acceptors (Lipinski definition) is 2. The topological polar surface area (TPSA) is 29.6 Å². The summed E-state index contributed by atoms with van der Waals surface area (Å²) in [6, 6.07) is 13.5. The second-order valence-electron chi connectivity index (χ2n) is 4.97. The maximum absolute atomic E-state index is 13.5. The summed E-state index contributed by atoms with van der Waals surface area (Å²) < 4.78 is 46.1. The van der Waals surface area contributed by atoms with E-state index in [9.17, 15) is 18.0 Å². The molecule has 2 aromatic rings. The third-order valence-corrected chi connectivity index (χ3v) is 4.14. The molecular weight excluding hydrogens is 361 g/mol. The van der Waals surface area contributed by atoms with Crippen molar-refractivity contribution in [2.45, 2.75) is 17.9 Å². The van der Waals surface area contributed by atoms with E-state index in [0.29, 0.717) is 4.47 Å². The Morgan fingerprint density at radius 3 is 2.18 bits per heavy atom. The summed E-state index contributed by atoms with van der Waals surface area (Å²) in [6.45, 7) is 0. The van der Waals surface area contributed by atoms with Gasteiger partial charge in [-0.15, -0.1) is 0 Å². The Morgan fingerprint density at radius 2 is 1.64 bits per heavy atom. The van der Waals surface area contributed by atoms with Crippen LogP contribution >= 0.6 is 15.9 Å². The Hall–Kier alpha value is -1.66. The maximum Gasteiger partial charge on any atom is 0.424 e. The zero-order valence-electron chi connectivity index (χ0n) is 11.1. The smallest absolute Gasteiger partial charge is 0.343 e. The van der Waals surface area contributed by atoms with E-state index < -0.39 is 23.7 Å². The van der Waals surface area contributed by atoms with Crippen molar-refractivity contribution < 1.29 is 22.7 Å². The van der Waals surface area contributed by atoms with Crippen LogP contribution < -0.4 is 0 Å². The average molecular weight is 371 g/mol. The van der Waals surface area contributed by atoms with Gasteiger partial charge in [0.2, 0.25) is 5.60 Å². The van der Waals surface area contributed by atoms with Crippen molar-refractivity contribution in [2.75, 3.05) is 0 Å². The van der Waals surface area contributed by atoms with E-state index in [-0.39, 0.29) is 11.1 Å². The molecule has 1 saturated heterocycles. The maximum atomic E-state index is 13.5. The molecule has 0 amide bonds. The van der Waals surface area contributed by atoms with E-state index >= 15 is 0 Å². The zero-order valence-corrected chi connectivity index (χ0v) is 12.7. The summed E-state index contributed by atoms with van der Waals surface area (Å²) in [6.07, 6.45) is -6.22. The molecule has 114 valence electrons. The Balaban J connectivity index is 1.98. The van der Waals surface area contributed by atoms with E-state index in [1.807, 2.05) is 0 Å². The zero-order chi connectivity index (χ0) is 16.0. The van der Waals surface area contributed by atoms with Crippen LogP contribution in [-0.4, -0.2) is 18.1 Å². The van der Waals surface area contributed by atoms with Crippen molar-refractivity contribution in [3.8, 4) is 0 Å². The fraction of sp³-hybridized carbons (Fsp3) is 0.188. The molecule has 2 atom stereocenters. The minimum Gasteiger partial charge on any atom is -0.343 e. The first-order valence-electron chi connectivity index (χ1n) is 6.46. The normalized spacial score (nSPS) is 24.1. The number of Topliss-reactive ketones (excluding diaryl/α,β-unsaturated/α-hetero) is 1. The van der Waals surface area contributed by atoms with Crippen molar-refractivity contribution in [1.29, 1.82) is 0 Å². The van der Waals surface area contributed by atoms with Crippen molar-refractivity contribution in [3.05, 3.63) is 70.2 Å². The molecule has 1 heterocycles. The highest BCUT2D eigenvalue weighted by Crippen LogP contribution is 2.58. The lowest BCUT2D eigenvalue weighted by Gasteiger charge is -2.17. The number of hydrogen-bond donors (Lipinski definition) is 0. The number of carbonyl (C=O) groups excluding carboxylic acids is 1. The van der Waals surface area contributed by atoms with Crippen LogP contribution in [0.1, 0.15) is 15.9 Å². The molecule has 1 fully saturated rings. The van der Waals surface area contributed by atoms with Gasteiger partial charge in [0.05, 0.1) is 0 Å². The molecule has 0 spiro atoms. The molecule has 3 rings (SSSR count). The molecule has 1 unspecified atom stereocenters. The van der Waals surface area contributed by atoms with Crippen molar-refractivity contribution in [3.63, 3.8) is 0 Å². The van der Waals surface area contributed by atoms with Crippen molar-refractivity contribution >= 4 is 21.7 Å². The molecule has 0 saturated carbocycles. The molecule has 0 N–H and O–H groups in total. The number of rotatable bonds is 3. The molecule has 0 aliphatic carbocycles. The summed E-state index contributed by atoms with van der Waals surface area (Å²) in [5.74, 6) is -0.666. The molecule has 0 aromatic heterocycles. The van der Waals surface area contributed by atoms with E-state index in [0.717, 1.165) is 0 Å². The summed E-state index contributed by atoms with van der Waals surface area (Å²) in [4.78, 5) is 12.3. The quantitative estimate of drug-likeness (QED) is 0.588. The fourth-order valence-corrected chi connectivity index (χ4v) is 2.70. The van der Waals surface area contributed by atoms with Gasteiger partial charge in [-0.3, -0.25) is 4.79 Å². The van der Waals surface area contributed by atoms with E-state index in [4.69, 9.17) is 4.74 Å². The number of ketones is 1. The second kappa shape index (κ2) is 5.21. The monoisotopic (exact) mass is 370 g/mol. The third kappa shape index (κ3) is 2.36. The van der Waals surface area contributed by atoms with Gasteiger partial charge >= 0.3 is 6.18 Å². The number of carbonyl (C=O) groups is 1.